The summed E-state index contributed by atoms with van der Waals surface area (Å²) in [6.45, 7) is 4.19. The van der Waals surface area contributed by atoms with Gasteiger partial charge in [0.05, 0.1) is 5.69 Å². The normalized spacial score (nSPS) is 17.9. The summed E-state index contributed by atoms with van der Waals surface area (Å²) in [6, 6.07) is 11.8. The first-order chi connectivity index (χ1) is 14.8. The van der Waals surface area contributed by atoms with Crippen LogP contribution in [0.3, 0.4) is 0 Å². The van der Waals surface area contributed by atoms with E-state index >= 15 is 0 Å². The molecule has 0 bridgehead atoms. The van der Waals surface area contributed by atoms with E-state index in [-0.39, 0.29) is 23.5 Å². The monoisotopic (exact) mass is 438 g/mol. The van der Waals surface area contributed by atoms with Gasteiger partial charge in [0, 0.05) is 51.0 Å². The zero-order valence-corrected chi connectivity index (χ0v) is 16.6. The third-order valence-corrected chi connectivity index (χ3v) is 5.53. The molecule has 1 N–H and O–H groups in total. The summed E-state index contributed by atoms with van der Waals surface area (Å²) in [5.41, 5.74) is 1.00. The molecule has 2 amide bonds. The zero-order chi connectivity index (χ0) is 22.0. The molecule has 2 fully saturated rings. The van der Waals surface area contributed by atoms with E-state index in [1.54, 1.807) is 29.2 Å². The van der Waals surface area contributed by atoms with Crippen molar-refractivity contribution < 1.29 is 27.1 Å². The van der Waals surface area contributed by atoms with Crippen molar-refractivity contribution >= 4 is 17.4 Å². The lowest BCUT2D eigenvalue weighted by atomic mass is 10.1. The van der Waals surface area contributed by atoms with Gasteiger partial charge in [-0.2, -0.15) is 0 Å². The molecule has 2 saturated heterocycles. The fourth-order valence-corrected chi connectivity index (χ4v) is 3.81. The minimum Gasteiger partial charge on any atom is -0.406 e. The van der Waals surface area contributed by atoms with Crippen LogP contribution in [-0.4, -0.2) is 67.5 Å². The zero-order valence-electron chi connectivity index (χ0n) is 16.6. The largest absolute Gasteiger partial charge is 0.573 e. The molecule has 0 unspecified atom stereocenters. The van der Waals surface area contributed by atoms with Gasteiger partial charge in [0.15, 0.2) is 0 Å². The van der Waals surface area contributed by atoms with Crippen molar-refractivity contribution in [1.82, 2.24) is 9.80 Å². The van der Waals surface area contributed by atoms with Gasteiger partial charge >= 0.3 is 12.4 Å². The van der Waals surface area contributed by atoms with Crippen LogP contribution in [-0.2, 0) is 0 Å². The van der Waals surface area contributed by atoms with E-state index in [4.69, 9.17) is 0 Å². The number of anilines is 2. The van der Waals surface area contributed by atoms with Crippen molar-refractivity contribution in [3.05, 3.63) is 54.3 Å². The molecule has 10 heteroatoms. The van der Waals surface area contributed by atoms with Crippen LogP contribution in [0.2, 0.25) is 0 Å². The number of piperazine rings is 1. The number of hydrogen-bond acceptors (Lipinski definition) is 4. The van der Waals surface area contributed by atoms with Crippen molar-refractivity contribution in [3.63, 3.8) is 0 Å². The average molecular weight is 438 g/mol. The van der Waals surface area contributed by atoms with Crippen LogP contribution in [0.4, 0.5) is 33.7 Å². The maximum absolute atomic E-state index is 13.7. The number of nitrogens with zero attached hydrogens (tertiary/aromatic N) is 3. The molecule has 6 nitrogen and oxygen atoms in total. The fraction of sp³-hybridized carbons (Fsp3) is 0.381. The summed E-state index contributed by atoms with van der Waals surface area (Å²) < 4.78 is 54.4. The van der Waals surface area contributed by atoms with Crippen LogP contribution in [0.1, 0.15) is 0 Å². The van der Waals surface area contributed by atoms with Gasteiger partial charge in [-0.15, -0.1) is 13.2 Å². The second-order valence-electron chi connectivity index (χ2n) is 7.53. The maximum Gasteiger partial charge on any atom is 0.573 e. The van der Waals surface area contributed by atoms with Crippen LogP contribution < -0.4 is 15.0 Å². The Balaban J connectivity index is 1.22. The number of rotatable bonds is 4. The number of nitrogens with one attached hydrogen (secondary N) is 1. The van der Waals surface area contributed by atoms with Gasteiger partial charge in [0.1, 0.15) is 11.6 Å². The Labute approximate surface area is 177 Å². The van der Waals surface area contributed by atoms with Crippen molar-refractivity contribution in [3.8, 4) is 5.75 Å². The van der Waals surface area contributed by atoms with Crippen molar-refractivity contribution in [2.24, 2.45) is 0 Å². The van der Waals surface area contributed by atoms with Gasteiger partial charge in [-0.1, -0.05) is 12.1 Å². The van der Waals surface area contributed by atoms with Crippen LogP contribution >= 0.6 is 0 Å². The fourth-order valence-electron chi connectivity index (χ4n) is 3.81. The summed E-state index contributed by atoms with van der Waals surface area (Å²) in [7, 11) is 0. The number of ether oxygens (including phenoxy) is 1. The van der Waals surface area contributed by atoms with Crippen LogP contribution in [0, 0.1) is 5.82 Å². The molecule has 2 heterocycles. The highest BCUT2D eigenvalue weighted by Gasteiger charge is 2.36. The van der Waals surface area contributed by atoms with Gasteiger partial charge in [0.25, 0.3) is 0 Å². The Morgan fingerprint density at radius 1 is 0.968 bits per heavy atom. The molecule has 0 aromatic heterocycles. The maximum atomic E-state index is 13.7. The number of carbonyl (C=O) groups excluding carboxylic acids is 1. The van der Waals surface area contributed by atoms with Crippen molar-refractivity contribution in [2.45, 2.75) is 12.4 Å². The Bertz CT molecular complexity index is 908. The summed E-state index contributed by atoms with van der Waals surface area (Å²) >= 11 is 0. The molecule has 31 heavy (non-hydrogen) atoms. The van der Waals surface area contributed by atoms with E-state index in [0.29, 0.717) is 13.1 Å². The van der Waals surface area contributed by atoms with Gasteiger partial charge < -0.3 is 19.9 Å². The number of benzene rings is 2. The van der Waals surface area contributed by atoms with E-state index in [1.165, 1.54) is 24.3 Å². The van der Waals surface area contributed by atoms with E-state index in [1.807, 2.05) is 0 Å². The van der Waals surface area contributed by atoms with E-state index < -0.39 is 12.2 Å². The number of halogens is 4. The molecular formula is C21H22F4N4O2. The number of carbonyl (C=O) groups is 1. The van der Waals surface area contributed by atoms with E-state index in [9.17, 15) is 22.4 Å². The second-order valence-corrected chi connectivity index (χ2v) is 7.53. The Hall–Kier alpha value is -3.01. The second kappa shape index (κ2) is 8.62. The standard InChI is InChI=1S/C21H22F4N4O2/c22-18-3-1-2-4-19(18)26-20(30)29-13-16(14-29)28-11-9-27(10-12-28)15-5-7-17(8-6-15)31-21(23,24)25/h1-8,16H,9-14H2,(H,26,30). The number of hydrogen-bond donors (Lipinski definition) is 1. The lowest BCUT2D eigenvalue weighted by molar-refractivity contribution is -0.274. The Kier molecular flexibility index (Phi) is 5.90. The minimum atomic E-state index is -4.70. The number of likely N-dealkylation sites (tertiary alicyclic amines) is 1. The number of alkyl halides is 3. The highest BCUT2D eigenvalue weighted by atomic mass is 19.4. The number of para-hydroxylation sites is 1. The summed E-state index contributed by atoms with van der Waals surface area (Å²) in [5.74, 6) is -0.708. The molecule has 2 aromatic rings. The van der Waals surface area contributed by atoms with Crippen molar-refractivity contribution in [1.29, 1.82) is 0 Å². The molecule has 2 aromatic carbocycles. The minimum absolute atomic E-state index is 0.163. The first-order valence-electron chi connectivity index (χ1n) is 9.94. The van der Waals surface area contributed by atoms with Crippen LogP contribution in [0.15, 0.2) is 48.5 Å². The predicted octanol–water partition coefficient (Wildman–Crippen LogP) is 3.76. The summed E-state index contributed by atoms with van der Waals surface area (Å²) in [5, 5.41) is 2.59. The lowest BCUT2D eigenvalue weighted by Gasteiger charge is -2.48. The van der Waals surface area contributed by atoms with Gasteiger partial charge in [0.2, 0.25) is 0 Å². The molecule has 2 aliphatic heterocycles. The Morgan fingerprint density at radius 2 is 1.61 bits per heavy atom. The molecular weight excluding hydrogens is 416 g/mol. The average Bonchev–Trinajstić information content (AvgIpc) is 2.69. The van der Waals surface area contributed by atoms with Crippen molar-refractivity contribution in [2.75, 3.05) is 49.5 Å². The summed E-state index contributed by atoms with van der Waals surface area (Å²) in [6.07, 6.45) is -4.70. The molecule has 0 radical (unpaired) electrons. The molecule has 0 atom stereocenters. The molecule has 166 valence electrons. The molecule has 4 rings (SSSR count). The predicted molar refractivity (Wildman–Crippen MR) is 108 cm³/mol. The first kappa shape index (κ1) is 21.2. The summed E-state index contributed by atoms with van der Waals surface area (Å²) in [4.78, 5) is 18.3. The van der Waals surface area contributed by atoms with Gasteiger partial charge in [-0.05, 0) is 36.4 Å². The molecule has 0 saturated carbocycles. The van der Waals surface area contributed by atoms with Gasteiger partial charge in [-0.3, -0.25) is 4.90 Å². The van der Waals surface area contributed by atoms with Crippen LogP contribution in [0.5, 0.6) is 5.75 Å². The van der Waals surface area contributed by atoms with Crippen LogP contribution in [0.25, 0.3) is 0 Å². The topological polar surface area (TPSA) is 48.1 Å². The highest BCUT2D eigenvalue weighted by molar-refractivity contribution is 5.90. The quantitative estimate of drug-likeness (QED) is 0.739. The first-order valence-corrected chi connectivity index (χ1v) is 9.94. The molecule has 0 spiro atoms. The third-order valence-electron chi connectivity index (χ3n) is 5.53. The SMILES string of the molecule is O=C(Nc1ccccc1F)N1CC(N2CCN(c3ccc(OC(F)(F)F)cc3)CC2)C1. The molecule has 2 aliphatic rings. The number of amides is 2. The van der Waals surface area contributed by atoms with E-state index in [0.717, 1.165) is 31.9 Å². The Morgan fingerprint density at radius 3 is 2.23 bits per heavy atom. The third kappa shape index (κ3) is 5.19. The highest BCUT2D eigenvalue weighted by Crippen LogP contribution is 2.27. The van der Waals surface area contributed by atoms with Gasteiger partial charge in [-0.25, -0.2) is 9.18 Å². The lowest BCUT2D eigenvalue weighted by Crippen LogP contribution is -2.64. The van der Waals surface area contributed by atoms with E-state index in [2.05, 4.69) is 19.9 Å². The molecule has 0 aliphatic carbocycles. The smallest absolute Gasteiger partial charge is 0.406 e. The number of urea groups is 1.